The summed E-state index contributed by atoms with van der Waals surface area (Å²) in [6.07, 6.45) is 7.17. The van der Waals surface area contributed by atoms with E-state index in [0.717, 1.165) is 83.8 Å². The molecule has 2 aromatic heterocycles. The van der Waals surface area contributed by atoms with E-state index in [1.807, 2.05) is 20.2 Å². The first-order chi connectivity index (χ1) is 16.6. The number of hydrogen-bond donors (Lipinski definition) is 1. The van der Waals surface area contributed by atoms with E-state index >= 15 is 0 Å². The molecule has 0 amide bonds. The molecule has 1 aliphatic heterocycles. The zero-order valence-corrected chi connectivity index (χ0v) is 21.4. The van der Waals surface area contributed by atoms with Crippen molar-refractivity contribution >= 4 is 22.3 Å². The zero-order chi connectivity index (χ0) is 23.9. The number of hydrogen-bond acceptors (Lipinski definition) is 7. The van der Waals surface area contributed by atoms with Crippen molar-refractivity contribution in [1.82, 2.24) is 15.4 Å². The molecule has 1 aromatic carbocycles. The van der Waals surface area contributed by atoms with Crippen molar-refractivity contribution in [3.63, 3.8) is 0 Å². The largest absolute Gasteiger partial charge is 0.493 e. The summed E-state index contributed by atoms with van der Waals surface area (Å²) in [5.74, 6) is 2.41. The van der Waals surface area contributed by atoms with Crippen LogP contribution in [0.4, 0.5) is 0 Å². The maximum Gasteiger partial charge on any atom is 0.173 e. The molecule has 2 aliphatic rings. The molecule has 182 valence electrons. The van der Waals surface area contributed by atoms with E-state index < -0.39 is 0 Å². The van der Waals surface area contributed by atoms with Gasteiger partial charge in [0.05, 0.1) is 12.3 Å². The highest BCUT2D eigenvalue weighted by Crippen LogP contribution is 2.34. The van der Waals surface area contributed by atoms with Gasteiger partial charge >= 0.3 is 0 Å². The number of likely N-dealkylation sites (tertiary alicyclic amines) is 1. The highest BCUT2D eigenvalue weighted by molar-refractivity contribution is 7.12. The second-order valence-corrected chi connectivity index (χ2v) is 10.8. The predicted octanol–water partition coefficient (Wildman–Crippen LogP) is 5.54. The third kappa shape index (κ3) is 6.38. The van der Waals surface area contributed by atoms with Crippen LogP contribution in [0.15, 0.2) is 28.8 Å². The Bertz CT molecular complexity index is 1100. The van der Waals surface area contributed by atoms with Gasteiger partial charge in [-0.3, -0.25) is 4.90 Å². The lowest BCUT2D eigenvalue weighted by Crippen LogP contribution is -2.33. The van der Waals surface area contributed by atoms with E-state index in [2.05, 4.69) is 46.6 Å². The normalized spacial score (nSPS) is 16.8. The van der Waals surface area contributed by atoms with E-state index in [9.17, 15) is 0 Å². The number of nitrogens with one attached hydrogen (secondary N) is 1. The molecule has 1 aliphatic carbocycles. The first kappa shape index (κ1) is 24.7. The average molecular weight is 481 g/mol. The third-order valence-electron chi connectivity index (χ3n) is 6.73. The molecule has 3 heterocycles. The van der Waals surface area contributed by atoms with Gasteiger partial charge in [0.2, 0.25) is 0 Å². The average Bonchev–Trinajstić information content (AvgIpc) is 3.41. The molecule has 0 spiro atoms. The number of piperidine rings is 1. The molecule has 3 aromatic rings. The molecule has 1 saturated carbocycles. The van der Waals surface area contributed by atoms with Crippen molar-refractivity contribution in [2.75, 3.05) is 33.8 Å². The molecular weight excluding hydrogens is 444 g/mol. The fourth-order valence-corrected chi connectivity index (χ4v) is 5.36. The molecule has 1 N–H and O–H groups in total. The first-order valence-electron chi connectivity index (χ1n) is 12.4. The van der Waals surface area contributed by atoms with Crippen LogP contribution in [0.1, 0.15) is 53.1 Å². The van der Waals surface area contributed by atoms with Gasteiger partial charge in [-0.2, -0.15) is 5.26 Å². The number of aryl methyl sites for hydroxylation is 2. The quantitative estimate of drug-likeness (QED) is 0.456. The van der Waals surface area contributed by atoms with Crippen molar-refractivity contribution in [3.05, 3.63) is 45.3 Å². The van der Waals surface area contributed by atoms with Crippen molar-refractivity contribution in [1.29, 1.82) is 5.26 Å². The Balaban J connectivity index is 0.000000868. The maximum atomic E-state index is 9.00. The molecule has 1 saturated heterocycles. The number of aromatic nitrogens is 1. The van der Waals surface area contributed by atoms with Gasteiger partial charge < -0.3 is 14.6 Å². The molecule has 5 rings (SSSR count). The van der Waals surface area contributed by atoms with Crippen LogP contribution in [-0.2, 0) is 13.0 Å². The van der Waals surface area contributed by atoms with Crippen LogP contribution in [0.25, 0.3) is 11.0 Å². The molecule has 0 bridgehead atoms. The Morgan fingerprint density at radius 3 is 2.59 bits per heavy atom. The van der Waals surface area contributed by atoms with Gasteiger partial charge in [-0.1, -0.05) is 5.16 Å². The Labute approximate surface area is 206 Å². The number of benzene rings is 1. The number of thiophene rings is 1. The lowest BCUT2D eigenvalue weighted by atomic mass is 9.91. The minimum atomic E-state index is 0.739. The lowest BCUT2D eigenvalue weighted by Gasteiger charge is -2.31. The van der Waals surface area contributed by atoms with E-state index in [4.69, 9.17) is 14.5 Å². The van der Waals surface area contributed by atoms with Gasteiger partial charge in [0.1, 0.15) is 16.7 Å². The van der Waals surface area contributed by atoms with E-state index in [-0.39, 0.29) is 0 Å². The summed E-state index contributed by atoms with van der Waals surface area (Å²) in [4.78, 5) is 4.61. The van der Waals surface area contributed by atoms with Gasteiger partial charge in [-0.25, -0.2) is 0 Å². The first-order valence-corrected chi connectivity index (χ1v) is 13.2. The number of fused-ring (bicyclic) bond motifs is 1. The van der Waals surface area contributed by atoms with Crippen LogP contribution in [0.2, 0.25) is 0 Å². The van der Waals surface area contributed by atoms with Crippen LogP contribution in [0.5, 0.6) is 5.75 Å². The molecule has 6 nitrogen and oxygen atoms in total. The summed E-state index contributed by atoms with van der Waals surface area (Å²) in [6, 6.07) is 10.5. The van der Waals surface area contributed by atoms with Crippen LogP contribution in [-0.4, -0.2) is 43.8 Å². The Morgan fingerprint density at radius 2 is 1.91 bits per heavy atom. The van der Waals surface area contributed by atoms with Crippen molar-refractivity contribution in [2.45, 2.75) is 52.0 Å². The zero-order valence-electron chi connectivity index (χ0n) is 20.6. The van der Waals surface area contributed by atoms with Crippen LogP contribution >= 0.6 is 11.3 Å². The monoisotopic (exact) mass is 480 g/mol. The second-order valence-electron chi connectivity index (χ2n) is 9.58. The van der Waals surface area contributed by atoms with E-state index in [0.29, 0.717) is 0 Å². The molecule has 0 unspecified atom stereocenters. The SMILES string of the molecule is CNC.Cc1c(OCC2CC2)ccc2c(CCC3CCN(Cc4ccc(C#N)s4)CC3)noc12. The van der Waals surface area contributed by atoms with Crippen molar-refractivity contribution in [2.24, 2.45) is 11.8 Å². The maximum absolute atomic E-state index is 9.00. The fourth-order valence-electron chi connectivity index (χ4n) is 4.51. The van der Waals surface area contributed by atoms with Crippen LogP contribution < -0.4 is 10.1 Å². The topological polar surface area (TPSA) is 74.3 Å². The number of nitrogens with zero attached hydrogens (tertiary/aromatic N) is 3. The molecule has 0 radical (unpaired) electrons. The Morgan fingerprint density at radius 1 is 1.15 bits per heavy atom. The lowest BCUT2D eigenvalue weighted by molar-refractivity contribution is 0.173. The standard InChI is InChI=1S/C25H29N3O2S.C2H7N/c1-17-24(29-16-19-2-3-19)9-7-22-23(27-30-25(17)22)8-4-18-10-12-28(13-11-18)15-21-6-5-20(14-26)31-21;1-3-2/h5-7,9,18-19H,2-4,8,10-13,15-16H2,1H3;3H,1-2H3. The third-order valence-corrected chi connectivity index (χ3v) is 7.71. The summed E-state index contributed by atoms with van der Waals surface area (Å²) >= 11 is 1.62. The summed E-state index contributed by atoms with van der Waals surface area (Å²) in [5, 5.41) is 17.3. The van der Waals surface area contributed by atoms with Crippen LogP contribution in [0.3, 0.4) is 0 Å². The van der Waals surface area contributed by atoms with E-state index in [1.54, 1.807) is 11.3 Å². The molecule has 34 heavy (non-hydrogen) atoms. The van der Waals surface area contributed by atoms with Gasteiger partial charge in [-0.15, -0.1) is 11.3 Å². The van der Waals surface area contributed by atoms with Crippen molar-refractivity contribution in [3.8, 4) is 11.8 Å². The minimum absolute atomic E-state index is 0.739. The summed E-state index contributed by atoms with van der Waals surface area (Å²) in [6.45, 7) is 6.12. The highest BCUT2D eigenvalue weighted by Gasteiger charge is 2.24. The number of nitriles is 1. The second kappa shape index (κ2) is 11.8. The number of ether oxygens (including phenoxy) is 1. The van der Waals surface area contributed by atoms with E-state index in [1.165, 1.54) is 30.6 Å². The van der Waals surface area contributed by atoms with Gasteiger partial charge in [0.25, 0.3) is 0 Å². The molecule has 0 atom stereocenters. The predicted molar refractivity (Wildman–Crippen MR) is 137 cm³/mol. The number of rotatable bonds is 8. The Hall–Kier alpha value is -2.40. The molecule has 7 heteroatoms. The summed E-state index contributed by atoms with van der Waals surface area (Å²) in [5.41, 5.74) is 3.03. The van der Waals surface area contributed by atoms with Crippen molar-refractivity contribution < 1.29 is 9.26 Å². The van der Waals surface area contributed by atoms with Gasteiger partial charge in [-0.05, 0) is 109 Å². The Kier molecular flexibility index (Phi) is 8.60. The highest BCUT2D eigenvalue weighted by atomic mass is 32.1. The minimum Gasteiger partial charge on any atom is -0.493 e. The molecular formula is C27H36N4O2S. The molecule has 2 fully saturated rings. The summed E-state index contributed by atoms with van der Waals surface area (Å²) in [7, 11) is 3.75. The van der Waals surface area contributed by atoms with Gasteiger partial charge in [0.15, 0.2) is 5.58 Å². The smallest absolute Gasteiger partial charge is 0.173 e. The summed E-state index contributed by atoms with van der Waals surface area (Å²) < 4.78 is 11.7. The fraction of sp³-hybridized carbons (Fsp3) is 0.556. The van der Waals surface area contributed by atoms with Gasteiger partial charge in [0, 0.05) is 22.4 Å². The van der Waals surface area contributed by atoms with Crippen LogP contribution in [0, 0.1) is 30.1 Å².